The van der Waals surface area contributed by atoms with E-state index in [-0.39, 0.29) is 11.6 Å². The van der Waals surface area contributed by atoms with Gasteiger partial charge in [0.05, 0.1) is 4.92 Å². The summed E-state index contributed by atoms with van der Waals surface area (Å²) in [7, 11) is 0. The average Bonchev–Trinajstić information content (AvgIpc) is 3.13. The smallest absolute Gasteiger partial charge is 0.322 e. The molecule has 1 aliphatic heterocycles. The fourth-order valence-corrected chi connectivity index (χ4v) is 2.89. The number of nitrogens with zero attached hydrogens (tertiary/aromatic N) is 2. The molecule has 0 radical (unpaired) electrons. The normalized spacial score (nSPS) is 16.2. The molecule has 0 aromatic heterocycles. The van der Waals surface area contributed by atoms with Crippen molar-refractivity contribution in [3.63, 3.8) is 0 Å². The lowest BCUT2D eigenvalue weighted by Gasteiger charge is -2.24. The molecule has 134 valence electrons. The molecule has 1 atom stereocenters. The molecule has 3 amide bonds. The maximum Gasteiger partial charge on any atom is 0.322 e. The third kappa shape index (κ3) is 3.97. The fraction of sp³-hybridized carbons (Fsp3) is 0.222. The van der Waals surface area contributed by atoms with Gasteiger partial charge in [-0.1, -0.05) is 18.2 Å². The van der Waals surface area contributed by atoms with Crippen LogP contribution in [-0.2, 0) is 4.79 Å². The molecule has 0 bridgehead atoms. The van der Waals surface area contributed by atoms with Crippen LogP contribution in [0, 0.1) is 10.1 Å². The molecule has 3 rings (SSSR count). The van der Waals surface area contributed by atoms with Crippen LogP contribution in [-0.4, -0.2) is 34.3 Å². The molecular formula is C18H18N4O4. The molecule has 2 N–H and O–H groups in total. The quantitative estimate of drug-likeness (QED) is 0.649. The number of hydrogen-bond acceptors (Lipinski definition) is 4. The van der Waals surface area contributed by atoms with Crippen LogP contribution in [0.15, 0.2) is 54.6 Å². The molecule has 0 aliphatic carbocycles. The zero-order chi connectivity index (χ0) is 18.5. The number of para-hydroxylation sites is 1. The zero-order valence-electron chi connectivity index (χ0n) is 13.9. The monoisotopic (exact) mass is 354 g/mol. The van der Waals surface area contributed by atoms with E-state index in [2.05, 4.69) is 10.6 Å². The lowest BCUT2D eigenvalue weighted by Crippen LogP contribution is -2.45. The second-order valence-corrected chi connectivity index (χ2v) is 5.94. The number of nitro benzene ring substituents is 1. The van der Waals surface area contributed by atoms with Crippen molar-refractivity contribution in [1.82, 2.24) is 4.90 Å². The topological polar surface area (TPSA) is 105 Å². The SMILES string of the molecule is O=C(Nc1ccccc1)[C@@H]1CCCN1C(=O)Nc1ccc([N+](=O)[O-])cc1. The Kier molecular flexibility index (Phi) is 5.12. The zero-order valence-corrected chi connectivity index (χ0v) is 13.9. The highest BCUT2D eigenvalue weighted by molar-refractivity contribution is 5.99. The van der Waals surface area contributed by atoms with Crippen LogP contribution in [0.2, 0.25) is 0 Å². The van der Waals surface area contributed by atoms with E-state index in [1.54, 1.807) is 12.1 Å². The Morgan fingerprint density at radius 3 is 2.31 bits per heavy atom. The summed E-state index contributed by atoms with van der Waals surface area (Å²) >= 11 is 0. The van der Waals surface area contributed by atoms with E-state index in [1.807, 2.05) is 18.2 Å². The highest BCUT2D eigenvalue weighted by Crippen LogP contribution is 2.22. The third-order valence-corrected chi connectivity index (χ3v) is 4.19. The molecule has 1 fully saturated rings. The molecule has 2 aromatic carbocycles. The minimum absolute atomic E-state index is 0.0516. The number of non-ortho nitro benzene ring substituents is 1. The molecule has 1 saturated heterocycles. The van der Waals surface area contributed by atoms with Gasteiger partial charge >= 0.3 is 6.03 Å². The highest BCUT2D eigenvalue weighted by atomic mass is 16.6. The van der Waals surface area contributed by atoms with Gasteiger partial charge in [-0.15, -0.1) is 0 Å². The number of amides is 3. The van der Waals surface area contributed by atoms with Crippen molar-refractivity contribution in [2.24, 2.45) is 0 Å². The number of rotatable bonds is 4. The van der Waals surface area contributed by atoms with E-state index in [4.69, 9.17) is 0 Å². The van der Waals surface area contributed by atoms with Gasteiger partial charge < -0.3 is 15.5 Å². The number of likely N-dealkylation sites (tertiary alicyclic amines) is 1. The van der Waals surface area contributed by atoms with Gasteiger partial charge in [-0.25, -0.2) is 4.79 Å². The molecule has 2 aromatic rings. The number of carbonyl (C=O) groups is 2. The van der Waals surface area contributed by atoms with E-state index in [1.165, 1.54) is 29.2 Å². The number of benzene rings is 2. The molecule has 1 heterocycles. The molecule has 8 heteroatoms. The van der Waals surface area contributed by atoms with Gasteiger partial charge in [0, 0.05) is 30.1 Å². The van der Waals surface area contributed by atoms with Gasteiger partial charge in [0.2, 0.25) is 5.91 Å². The first-order valence-corrected chi connectivity index (χ1v) is 8.22. The summed E-state index contributed by atoms with van der Waals surface area (Å²) in [6.45, 7) is 0.478. The Morgan fingerprint density at radius 2 is 1.65 bits per heavy atom. The number of hydrogen-bond donors (Lipinski definition) is 2. The molecule has 0 unspecified atom stereocenters. The molecule has 26 heavy (non-hydrogen) atoms. The Labute approximate surface area is 150 Å². The van der Waals surface area contributed by atoms with Crippen LogP contribution in [0.3, 0.4) is 0 Å². The number of urea groups is 1. The van der Waals surface area contributed by atoms with Gasteiger partial charge in [0.1, 0.15) is 6.04 Å². The van der Waals surface area contributed by atoms with Gasteiger partial charge in [0.25, 0.3) is 5.69 Å². The summed E-state index contributed by atoms with van der Waals surface area (Å²) in [6, 6.07) is 13.7. The van der Waals surface area contributed by atoms with E-state index < -0.39 is 17.0 Å². The summed E-state index contributed by atoms with van der Waals surface area (Å²) in [5, 5.41) is 16.2. The predicted octanol–water partition coefficient (Wildman–Crippen LogP) is 3.23. The standard InChI is InChI=1S/C18H18N4O4/c23-17(19-13-5-2-1-3-6-13)16-7-4-12-21(16)18(24)20-14-8-10-15(11-9-14)22(25)26/h1-3,5-6,8-11,16H,4,7,12H2,(H,19,23)(H,20,24)/t16-/m0/s1. The van der Waals surface area contributed by atoms with E-state index in [0.29, 0.717) is 24.3 Å². The van der Waals surface area contributed by atoms with Crippen molar-refractivity contribution in [3.8, 4) is 0 Å². The minimum atomic E-state index is -0.548. The maximum absolute atomic E-state index is 12.5. The molecule has 0 spiro atoms. The van der Waals surface area contributed by atoms with Crippen LogP contribution < -0.4 is 10.6 Å². The largest absolute Gasteiger partial charge is 0.324 e. The van der Waals surface area contributed by atoms with Crippen molar-refractivity contribution in [2.75, 3.05) is 17.2 Å². The van der Waals surface area contributed by atoms with Crippen molar-refractivity contribution < 1.29 is 14.5 Å². The summed E-state index contributed by atoms with van der Waals surface area (Å²) in [5.41, 5.74) is 1.07. The first kappa shape index (κ1) is 17.4. The van der Waals surface area contributed by atoms with Gasteiger partial charge in [0.15, 0.2) is 0 Å². The minimum Gasteiger partial charge on any atom is -0.324 e. The number of anilines is 2. The second-order valence-electron chi connectivity index (χ2n) is 5.94. The summed E-state index contributed by atoms with van der Waals surface area (Å²) in [6.07, 6.45) is 1.33. The van der Waals surface area contributed by atoms with Crippen LogP contribution >= 0.6 is 0 Å². The van der Waals surface area contributed by atoms with E-state index in [0.717, 1.165) is 6.42 Å². The molecular weight excluding hydrogens is 336 g/mol. The van der Waals surface area contributed by atoms with Crippen LogP contribution in [0.1, 0.15) is 12.8 Å². The maximum atomic E-state index is 12.5. The second kappa shape index (κ2) is 7.64. The van der Waals surface area contributed by atoms with Crippen molar-refractivity contribution in [2.45, 2.75) is 18.9 Å². The number of carbonyl (C=O) groups excluding carboxylic acids is 2. The first-order chi connectivity index (χ1) is 12.5. The Balaban J connectivity index is 1.64. The first-order valence-electron chi connectivity index (χ1n) is 8.22. The Bertz CT molecular complexity index is 808. The number of nitro groups is 1. The number of nitrogens with one attached hydrogen (secondary N) is 2. The van der Waals surface area contributed by atoms with Gasteiger partial charge in [-0.05, 0) is 37.1 Å². The summed E-state index contributed by atoms with van der Waals surface area (Å²) in [4.78, 5) is 36.7. The lowest BCUT2D eigenvalue weighted by molar-refractivity contribution is -0.384. The average molecular weight is 354 g/mol. The molecule has 8 nitrogen and oxygen atoms in total. The predicted molar refractivity (Wildman–Crippen MR) is 96.9 cm³/mol. The van der Waals surface area contributed by atoms with Crippen LogP contribution in [0.25, 0.3) is 0 Å². The van der Waals surface area contributed by atoms with Crippen molar-refractivity contribution in [3.05, 3.63) is 64.7 Å². The lowest BCUT2D eigenvalue weighted by atomic mass is 10.2. The van der Waals surface area contributed by atoms with Crippen molar-refractivity contribution >= 4 is 29.0 Å². The Morgan fingerprint density at radius 1 is 1.00 bits per heavy atom. The molecule has 0 saturated carbocycles. The van der Waals surface area contributed by atoms with E-state index in [9.17, 15) is 19.7 Å². The van der Waals surface area contributed by atoms with Crippen LogP contribution in [0.4, 0.5) is 21.9 Å². The highest BCUT2D eigenvalue weighted by Gasteiger charge is 2.34. The summed E-state index contributed by atoms with van der Waals surface area (Å²) < 4.78 is 0. The van der Waals surface area contributed by atoms with E-state index >= 15 is 0 Å². The van der Waals surface area contributed by atoms with Crippen LogP contribution in [0.5, 0.6) is 0 Å². The molecule has 1 aliphatic rings. The Hall–Kier alpha value is -3.42. The van der Waals surface area contributed by atoms with Crippen molar-refractivity contribution in [1.29, 1.82) is 0 Å². The summed E-state index contributed by atoms with van der Waals surface area (Å²) in [5.74, 6) is -0.229. The third-order valence-electron chi connectivity index (χ3n) is 4.19. The van der Waals surface area contributed by atoms with Gasteiger partial charge in [-0.3, -0.25) is 14.9 Å². The van der Waals surface area contributed by atoms with Gasteiger partial charge in [-0.2, -0.15) is 0 Å². The fourth-order valence-electron chi connectivity index (χ4n) is 2.89.